The Balaban J connectivity index is 5.82. The molecule has 3 nitrogen and oxygen atoms in total. The van der Waals surface area contributed by atoms with Gasteiger partial charge in [0.2, 0.25) is 0 Å². The van der Waals surface area contributed by atoms with Crippen LogP contribution in [-0.4, -0.2) is 42.8 Å². The lowest BCUT2D eigenvalue weighted by atomic mass is 9.99. The summed E-state index contributed by atoms with van der Waals surface area (Å²) in [5.74, 6) is -16.8. The molecule has 14 heteroatoms. The topological polar surface area (TPSA) is 35.5 Å². The summed E-state index contributed by atoms with van der Waals surface area (Å²) in [6, 6.07) is 0. The molecule has 0 aromatic rings. The number of carbonyl (C=O) groups is 1. The van der Waals surface area contributed by atoms with Crippen molar-refractivity contribution in [2.45, 2.75) is 51.0 Å². The SMILES string of the molecule is CC(C)(C)COC(=O)[C@@](F)(OC(F)(F)C(F)(F)C(F)(F)F)C(F)(F)F. The third-order valence-corrected chi connectivity index (χ3v) is 2.25. The summed E-state index contributed by atoms with van der Waals surface area (Å²) in [7, 11) is 0. The molecule has 0 aliphatic heterocycles. The van der Waals surface area contributed by atoms with Gasteiger partial charge < -0.3 is 4.74 Å². The Hall–Kier alpha value is -1.34. The van der Waals surface area contributed by atoms with Crippen LogP contribution in [0.3, 0.4) is 0 Å². The number of esters is 1. The van der Waals surface area contributed by atoms with Crippen LogP contribution in [0.1, 0.15) is 20.8 Å². The van der Waals surface area contributed by atoms with E-state index in [4.69, 9.17) is 0 Å². The van der Waals surface area contributed by atoms with Crippen LogP contribution >= 0.6 is 0 Å². The summed E-state index contributed by atoms with van der Waals surface area (Å²) in [6.45, 7) is 2.70. The molecule has 150 valence electrons. The minimum absolute atomic E-state index is 1.02. The molecule has 1 atom stereocenters. The number of carbonyl (C=O) groups excluding carboxylic acids is 1. The molecule has 0 aliphatic carbocycles. The normalized spacial score (nSPS) is 17.2. The van der Waals surface area contributed by atoms with Crippen LogP contribution in [0, 0.1) is 5.41 Å². The smallest absolute Gasteiger partial charge is 0.461 e. The molecule has 0 amide bonds. The zero-order valence-electron chi connectivity index (χ0n) is 12.6. The Bertz CT molecular complexity index is 489. The van der Waals surface area contributed by atoms with Crippen molar-refractivity contribution in [3.05, 3.63) is 0 Å². The molecule has 0 N–H and O–H groups in total. The average molecular weight is 400 g/mol. The molecule has 0 aromatic heterocycles. The molecule has 0 saturated carbocycles. The second-order valence-corrected chi connectivity index (χ2v) is 5.92. The summed E-state index contributed by atoms with van der Waals surface area (Å²) in [5.41, 5.74) is -1.12. The maximum Gasteiger partial charge on any atom is 0.462 e. The molecule has 0 aromatic carbocycles. The molecule has 25 heavy (non-hydrogen) atoms. The predicted octanol–water partition coefficient (Wildman–Crippen LogP) is 4.61. The van der Waals surface area contributed by atoms with E-state index in [1.54, 1.807) is 0 Å². The van der Waals surface area contributed by atoms with Crippen molar-refractivity contribution in [3.63, 3.8) is 0 Å². The van der Waals surface area contributed by atoms with Gasteiger partial charge in [-0.05, 0) is 5.41 Å². The first-order valence-corrected chi connectivity index (χ1v) is 6.04. The first-order valence-electron chi connectivity index (χ1n) is 6.04. The lowest BCUT2D eigenvalue weighted by Gasteiger charge is -2.34. The fourth-order valence-electron chi connectivity index (χ4n) is 0.996. The van der Waals surface area contributed by atoms with E-state index in [9.17, 15) is 53.1 Å². The van der Waals surface area contributed by atoms with Crippen molar-refractivity contribution < 1.29 is 62.6 Å². The summed E-state index contributed by atoms with van der Waals surface area (Å²) in [4.78, 5) is 11.1. The van der Waals surface area contributed by atoms with Gasteiger partial charge in [-0.25, -0.2) is 4.79 Å². The second-order valence-electron chi connectivity index (χ2n) is 5.92. The van der Waals surface area contributed by atoms with Gasteiger partial charge in [-0.1, -0.05) is 20.8 Å². The second kappa shape index (κ2) is 6.43. The van der Waals surface area contributed by atoms with Gasteiger partial charge >= 0.3 is 36.2 Å². The summed E-state index contributed by atoms with van der Waals surface area (Å²) < 4.78 is 144. The number of ether oxygens (including phenoxy) is 2. The highest BCUT2D eigenvalue weighted by atomic mass is 19.4. The fourth-order valence-corrected chi connectivity index (χ4v) is 0.996. The van der Waals surface area contributed by atoms with Gasteiger partial charge in [-0.15, -0.1) is 0 Å². The molecule has 0 heterocycles. The lowest BCUT2D eigenvalue weighted by Crippen LogP contribution is -2.62. The van der Waals surface area contributed by atoms with Crippen LogP contribution in [0.5, 0.6) is 0 Å². The van der Waals surface area contributed by atoms with E-state index in [1.807, 2.05) is 4.74 Å². The highest BCUT2D eigenvalue weighted by Gasteiger charge is 2.80. The van der Waals surface area contributed by atoms with Gasteiger partial charge in [0.1, 0.15) is 0 Å². The van der Waals surface area contributed by atoms with Crippen LogP contribution in [0.2, 0.25) is 0 Å². The summed E-state index contributed by atoms with van der Waals surface area (Å²) in [5, 5.41) is 0. The number of alkyl halides is 11. The van der Waals surface area contributed by atoms with Crippen molar-refractivity contribution in [1.29, 1.82) is 0 Å². The zero-order valence-corrected chi connectivity index (χ0v) is 12.6. The molecule has 0 bridgehead atoms. The maximum atomic E-state index is 13.7. The van der Waals surface area contributed by atoms with E-state index in [1.165, 1.54) is 20.8 Å². The standard InChI is InChI=1S/C11H11F11O3/c1-6(2,3)4-24-5(23)7(12,9(15,16)17)25-11(21,22)8(13,14)10(18,19)20/h4H2,1-3H3/t7-/m1/s1. The first kappa shape index (κ1) is 23.7. The van der Waals surface area contributed by atoms with Crippen molar-refractivity contribution in [2.75, 3.05) is 6.61 Å². The molecule has 0 spiro atoms. The molecule has 0 rings (SSSR count). The molecule has 0 fully saturated rings. The first-order chi connectivity index (χ1) is 10.6. The predicted molar refractivity (Wildman–Crippen MR) is 57.3 cm³/mol. The van der Waals surface area contributed by atoms with Crippen LogP contribution in [0.15, 0.2) is 0 Å². The minimum atomic E-state index is -7.23. The van der Waals surface area contributed by atoms with Crippen LogP contribution in [0.4, 0.5) is 48.3 Å². The van der Waals surface area contributed by atoms with Crippen molar-refractivity contribution in [3.8, 4) is 0 Å². The minimum Gasteiger partial charge on any atom is -0.461 e. The number of hydrogen-bond acceptors (Lipinski definition) is 3. The number of hydrogen-bond donors (Lipinski definition) is 0. The average Bonchev–Trinajstić information content (AvgIpc) is 2.31. The zero-order chi connectivity index (χ0) is 20.7. The van der Waals surface area contributed by atoms with E-state index >= 15 is 0 Å². The Morgan fingerprint density at radius 1 is 0.760 bits per heavy atom. The molecule has 0 aliphatic rings. The van der Waals surface area contributed by atoms with Crippen LogP contribution in [0.25, 0.3) is 0 Å². The van der Waals surface area contributed by atoms with E-state index < -0.39 is 48.2 Å². The van der Waals surface area contributed by atoms with Gasteiger partial charge in [0.05, 0.1) is 6.61 Å². The largest absolute Gasteiger partial charge is 0.462 e. The number of rotatable bonds is 5. The highest BCUT2D eigenvalue weighted by molar-refractivity contribution is 5.79. The quantitative estimate of drug-likeness (QED) is 0.500. The van der Waals surface area contributed by atoms with Gasteiger partial charge in [0, 0.05) is 0 Å². The Labute approximate surface area is 133 Å². The van der Waals surface area contributed by atoms with E-state index in [0.717, 1.165) is 0 Å². The van der Waals surface area contributed by atoms with Gasteiger partial charge in [0.25, 0.3) is 0 Å². The molecule has 0 saturated heterocycles. The van der Waals surface area contributed by atoms with E-state index in [0.29, 0.717) is 0 Å². The molecule has 0 unspecified atom stereocenters. The van der Waals surface area contributed by atoms with Crippen LogP contribution in [-0.2, 0) is 14.3 Å². The molecule has 0 radical (unpaired) electrons. The molecular formula is C11H11F11O3. The fraction of sp³-hybridized carbons (Fsp3) is 0.909. The van der Waals surface area contributed by atoms with E-state index in [-0.39, 0.29) is 0 Å². The van der Waals surface area contributed by atoms with Crippen molar-refractivity contribution in [1.82, 2.24) is 0 Å². The third kappa shape index (κ3) is 5.07. The maximum absolute atomic E-state index is 13.7. The van der Waals surface area contributed by atoms with Gasteiger partial charge in [-0.3, -0.25) is 4.74 Å². The lowest BCUT2D eigenvalue weighted by molar-refractivity contribution is -0.475. The Morgan fingerprint density at radius 3 is 1.44 bits per heavy atom. The summed E-state index contributed by atoms with van der Waals surface area (Å²) >= 11 is 0. The van der Waals surface area contributed by atoms with Crippen molar-refractivity contribution in [2.24, 2.45) is 5.41 Å². The highest BCUT2D eigenvalue weighted by Crippen LogP contribution is 2.51. The van der Waals surface area contributed by atoms with E-state index in [2.05, 4.69) is 4.74 Å². The van der Waals surface area contributed by atoms with Gasteiger partial charge in [-0.2, -0.15) is 48.3 Å². The monoisotopic (exact) mass is 400 g/mol. The number of halogens is 11. The van der Waals surface area contributed by atoms with Crippen LogP contribution < -0.4 is 0 Å². The Morgan fingerprint density at radius 2 is 1.16 bits per heavy atom. The van der Waals surface area contributed by atoms with Gasteiger partial charge in [0.15, 0.2) is 0 Å². The van der Waals surface area contributed by atoms with Crippen molar-refractivity contribution >= 4 is 5.97 Å². The third-order valence-electron chi connectivity index (χ3n) is 2.25. The summed E-state index contributed by atoms with van der Waals surface area (Å²) in [6.07, 6.45) is -20.9. The molecular weight excluding hydrogens is 389 g/mol. The Kier molecular flexibility index (Phi) is 6.09.